The fourth-order valence-corrected chi connectivity index (χ4v) is 2.34. The van der Waals surface area contributed by atoms with E-state index in [1.807, 2.05) is 0 Å². The first-order valence-electron chi connectivity index (χ1n) is 6.07. The summed E-state index contributed by atoms with van der Waals surface area (Å²) in [6.45, 7) is 0.623. The summed E-state index contributed by atoms with van der Waals surface area (Å²) in [5.74, 6) is -0.286. The molecule has 1 aliphatic heterocycles. The number of piperidine rings is 1. The summed E-state index contributed by atoms with van der Waals surface area (Å²) in [5.41, 5.74) is 6.33. The van der Waals surface area contributed by atoms with E-state index in [0.717, 1.165) is 6.42 Å². The van der Waals surface area contributed by atoms with E-state index in [4.69, 9.17) is 18.0 Å². The van der Waals surface area contributed by atoms with Gasteiger partial charge in [0.2, 0.25) is 5.91 Å². The van der Waals surface area contributed by atoms with E-state index in [0.29, 0.717) is 18.7 Å². The summed E-state index contributed by atoms with van der Waals surface area (Å²) < 4.78 is 13.7. The van der Waals surface area contributed by atoms with Crippen molar-refractivity contribution in [3.05, 3.63) is 29.6 Å². The van der Waals surface area contributed by atoms with Gasteiger partial charge >= 0.3 is 0 Å². The number of hydrogen-bond donors (Lipinski definition) is 2. The van der Waals surface area contributed by atoms with Crippen molar-refractivity contribution in [3.8, 4) is 0 Å². The molecule has 0 bridgehead atoms. The molecule has 0 saturated carbocycles. The highest BCUT2D eigenvalue weighted by Gasteiger charge is 2.22. The first-order chi connectivity index (χ1) is 8.97. The number of likely N-dealkylation sites (tertiary alicyclic amines) is 1. The van der Waals surface area contributed by atoms with Crippen LogP contribution in [0.4, 0.5) is 10.1 Å². The van der Waals surface area contributed by atoms with Gasteiger partial charge < -0.3 is 16.0 Å². The second kappa shape index (κ2) is 5.52. The zero-order chi connectivity index (χ0) is 14.0. The van der Waals surface area contributed by atoms with Gasteiger partial charge in [-0.25, -0.2) is 4.39 Å². The number of likely N-dealkylation sites (N-methyl/N-ethyl adjacent to an activating group) is 1. The third kappa shape index (κ3) is 3.20. The van der Waals surface area contributed by atoms with E-state index in [2.05, 4.69) is 5.32 Å². The van der Waals surface area contributed by atoms with Crippen LogP contribution in [-0.4, -0.2) is 35.4 Å². The number of carbonyl (C=O) groups is 1. The molecule has 1 atom stereocenters. The van der Waals surface area contributed by atoms with E-state index in [-0.39, 0.29) is 22.5 Å². The molecule has 1 aliphatic rings. The molecule has 0 radical (unpaired) electrons. The highest BCUT2D eigenvalue weighted by molar-refractivity contribution is 7.80. The fourth-order valence-electron chi connectivity index (χ4n) is 2.17. The molecule has 0 aromatic heterocycles. The standard InChI is InChI=1S/C13H16FN3OS/c1-17-7-9(3-5-12(17)18)16-8-2-4-10(13(15)19)11(14)6-8/h2,4,6,9,16H,3,5,7H2,1H3,(H2,15,19). The molecule has 1 saturated heterocycles. The quantitative estimate of drug-likeness (QED) is 0.824. The zero-order valence-electron chi connectivity index (χ0n) is 10.6. The van der Waals surface area contributed by atoms with Crippen molar-refractivity contribution < 1.29 is 9.18 Å². The topological polar surface area (TPSA) is 58.4 Å². The molecule has 4 nitrogen and oxygen atoms in total. The van der Waals surface area contributed by atoms with Gasteiger partial charge in [-0.15, -0.1) is 0 Å². The molecule has 3 N–H and O–H groups in total. The SMILES string of the molecule is CN1CC(Nc2ccc(C(N)=S)c(F)c2)CCC1=O. The molecular weight excluding hydrogens is 265 g/mol. The first kappa shape index (κ1) is 13.7. The molecule has 1 aromatic carbocycles. The molecule has 0 aliphatic carbocycles. The molecule has 1 aromatic rings. The van der Waals surface area contributed by atoms with Crippen LogP contribution in [0.3, 0.4) is 0 Å². The molecule has 2 rings (SSSR count). The minimum atomic E-state index is -0.433. The number of thiocarbonyl (C=S) groups is 1. The van der Waals surface area contributed by atoms with E-state index < -0.39 is 5.82 Å². The highest BCUT2D eigenvalue weighted by Crippen LogP contribution is 2.19. The smallest absolute Gasteiger partial charge is 0.222 e. The van der Waals surface area contributed by atoms with Crippen molar-refractivity contribution in [1.82, 2.24) is 4.90 Å². The lowest BCUT2D eigenvalue weighted by molar-refractivity contribution is -0.132. The van der Waals surface area contributed by atoms with E-state index in [1.165, 1.54) is 6.07 Å². The first-order valence-corrected chi connectivity index (χ1v) is 6.48. The van der Waals surface area contributed by atoms with Crippen molar-refractivity contribution in [1.29, 1.82) is 0 Å². The second-order valence-corrected chi connectivity index (χ2v) is 5.15. The Morgan fingerprint density at radius 2 is 2.32 bits per heavy atom. The van der Waals surface area contributed by atoms with Crippen molar-refractivity contribution >= 4 is 28.8 Å². The van der Waals surface area contributed by atoms with Crippen LogP contribution in [0.1, 0.15) is 18.4 Å². The van der Waals surface area contributed by atoms with Gasteiger partial charge in [0.15, 0.2) is 0 Å². The molecular formula is C13H16FN3OS. The van der Waals surface area contributed by atoms with E-state index >= 15 is 0 Å². The van der Waals surface area contributed by atoms with Crippen molar-refractivity contribution in [2.24, 2.45) is 5.73 Å². The van der Waals surface area contributed by atoms with Gasteiger partial charge in [0.05, 0.1) is 0 Å². The maximum Gasteiger partial charge on any atom is 0.222 e. The molecule has 1 heterocycles. The molecule has 1 fully saturated rings. The van der Waals surface area contributed by atoms with E-state index in [9.17, 15) is 9.18 Å². The number of rotatable bonds is 3. The second-order valence-electron chi connectivity index (χ2n) is 4.71. The van der Waals surface area contributed by atoms with Gasteiger partial charge in [0, 0.05) is 37.3 Å². The average molecular weight is 281 g/mol. The number of benzene rings is 1. The Labute approximate surface area is 116 Å². The fraction of sp³-hybridized carbons (Fsp3) is 0.385. The number of nitrogens with one attached hydrogen (secondary N) is 1. The number of hydrogen-bond acceptors (Lipinski definition) is 3. The van der Waals surface area contributed by atoms with Crippen LogP contribution < -0.4 is 11.1 Å². The third-order valence-corrected chi connectivity index (χ3v) is 3.45. The largest absolute Gasteiger partial charge is 0.389 e. The lowest BCUT2D eigenvalue weighted by atomic mass is 10.0. The van der Waals surface area contributed by atoms with Gasteiger partial charge in [-0.1, -0.05) is 12.2 Å². The third-order valence-electron chi connectivity index (χ3n) is 3.23. The molecule has 6 heteroatoms. The van der Waals surface area contributed by atoms with Gasteiger partial charge in [-0.2, -0.15) is 0 Å². The Morgan fingerprint density at radius 1 is 1.58 bits per heavy atom. The van der Waals surface area contributed by atoms with Crippen LogP contribution in [0.2, 0.25) is 0 Å². The van der Waals surface area contributed by atoms with Crippen LogP contribution in [-0.2, 0) is 4.79 Å². The highest BCUT2D eigenvalue weighted by atomic mass is 32.1. The summed E-state index contributed by atoms with van der Waals surface area (Å²) in [5, 5.41) is 3.22. The van der Waals surface area contributed by atoms with Gasteiger partial charge in [0.1, 0.15) is 10.8 Å². The molecule has 19 heavy (non-hydrogen) atoms. The number of carbonyl (C=O) groups excluding carboxylic acids is 1. The summed E-state index contributed by atoms with van der Waals surface area (Å²) in [6.07, 6.45) is 1.27. The summed E-state index contributed by atoms with van der Waals surface area (Å²) in [4.78, 5) is 13.1. The normalized spacial score (nSPS) is 19.4. The lowest BCUT2D eigenvalue weighted by Gasteiger charge is -2.30. The summed E-state index contributed by atoms with van der Waals surface area (Å²) in [6, 6.07) is 4.83. The Hall–Kier alpha value is -1.69. The van der Waals surface area contributed by atoms with Crippen LogP contribution in [0.5, 0.6) is 0 Å². The number of halogens is 1. The Bertz CT molecular complexity index is 521. The maximum atomic E-state index is 13.7. The monoisotopic (exact) mass is 281 g/mol. The van der Waals surface area contributed by atoms with Crippen LogP contribution >= 0.6 is 12.2 Å². The minimum Gasteiger partial charge on any atom is -0.389 e. The van der Waals surface area contributed by atoms with Crippen LogP contribution in [0, 0.1) is 5.82 Å². The average Bonchev–Trinajstić information content (AvgIpc) is 2.33. The van der Waals surface area contributed by atoms with Crippen LogP contribution in [0.25, 0.3) is 0 Å². The van der Waals surface area contributed by atoms with Crippen LogP contribution in [0.15, 0.2) is 18.2 Å². The predicted molar refractivity (Wildman–Crippen MR) is 76.6 cm³/mol. The summed E-state index contributed by atoms with van der Waals surface area (Å²) >= 11 is 4.76. The van der Waals surface area contributed by atoms with Crippen molar-refractivity contribution in [3.63, 3.8) is 0 Å². The summed E-state index contributed by atoms with van der Waals surface area (Å²) in [7, 11) is 1.77. The molecule has 102 valence electrons. The number of nitrogens with two attached hydrogens (primary N) is 1. The zero-order valence-corrected chi connectivity index (χ0v) is 11.5. The Morgan fingerprint density at radius 3 is 2.89 bits per heavy atom. The number of nitrogens with zero attached hydrogens (tertiary/aromatic N) is 1. The molecule has 1 amide bonds. The Kier molecular flexibility index (Phi) is 3.99. The lowest BCUT2D eigenvalue weighted by Crippen LogP contribution is -2.43. The van der Waals surface area contributed by atoms with Gasteiger partial charge in [-0.3, -0.25) is 4.79 Å². The van der Waals surface area contributed by atoms with Gasteiger partial charge in [-0.05, 0) is 24.6 Å². The van der Waals surface area contributed by atoms with E-state index in [1.54, 1.807) is 24.1 Å². The minimum absolute atomic E-state index is 0.0482. The Balaban J connectivity index is 2.06. The van der Waals surface area contributed by atoms with Gasteiger partial charge in [0.25, 0.3) is 0 Å². The maximum absolute atomic E-state index is 13.7. The number of amides is 1. The van der Waals surface area contributed by atoms with Crippen molar-refractivity contribution in [2.45, 2.75) is 18.9 Å². The molecule has 0 spiro atoms. The van der Waals surface area contributed by atoms with Crippen molar-refractivity contribution in [2.75, 3.05) is 18.9 Å². The molecule has 1 unspecified atom stereocenters. The predicted octanol–water partition coefficient (Wildman–Crippen LogP) is 1.49. The number of anilines is 1.